The lowest BCUT2D eigenvalue weighted by atomic mass is 9.96. The number of fused-ring (bicyclic) bond motifs is 1. The molecule has 0 spiro atoms. The summed E-state index contributed by atoms with van der Waals surface area (Å²) in [5.41, 5.74) is 1.75. The molecular formula is C15H19NO3S. The van der Waals surface area contributed by atoms with Crippen molar-refractivity contribution in [3.05, 3.63) is 34.0 Å². The van der Waals surface area contributed by atoms with E-state index >= 15 is 0 Å². The Morgan fingerprint density at radius 1 is 1.50 bits per heavy atom. The third-order valence-corrected chi connectivity index (χ3v) is 4.44. The zero-order valence-electron chi connectivity index (χ0n) is 11.6. The minimum atomic E-state index is -0.790. The van der Waals surface area contributed by atoms with Crippen LogP contribution in [-0.2, 0) is 22.4 Å². The van der Waals surface area contributed by atoms with Gasteiger partial charge in [-0.3, -0.25) is 4.79 Å². The summed E-state index contributed by atoms with van der Waals surface area (Å²) in [7, 11) is 0. The van der Waals surface area contributed by atoms with E-state index in [4.69, 9.17) is 4.74 Å². The number of esters is 1. The van der Waals surface area contributed by atoms with Crippen molar-refractivity contribution in [2.45, 2.75) is 38.7 Å². The van der Waals surface area contributed by atoms with Gasteiger partial charge in [-0.05, 0) is 38.2 Å². The molecule has 108 valence electrons. The number of nitrogens with one attached hydrogen (secondary N) is 1. The molecule has 0 saturated heterocycles. The van der Waals surface area contributed by atoms with Crippen LogP contribution in [0.4, 0.5) is 0 Å². The maximum absolute atomic E-state index is 12.2. The Hall–Kier alpha value is -1.62. The number of aryl methyl sites for hydroxylation is 1. The van der Waals surface area contributed by atoms with Gasteiger partial charge in [0.15, 0.2) is 6.10 Å². The van der Waals surface area contributed by atoms with Crippen LogP contribution in [-0.4, -0.2) is 24.5 Å². The summed E-state index contributed by atoms with van der Waals surface area (Å²) in [5.74, 6) is -0.701. The first-order valence-electron chi connectivity index (χ1n) is 6.82. The normalized spacial score (nSPS) is 15.1. The van der Waals surface area contributed by atoms with E-state index in [0.29, 0.717) is 12.1 Å². The minimum Gasteiger partial charge on any atom is -0.449 e. The van der Waals surface area contributed by atoms with E-state index in [9.17, 15) is 9.59 Å². The fraction of sp³-hybridized carbons (Fsp3) is 0.467. The number of carbonyl (C=O) groups is 2. The van der Waals surface area contributed by atoms with E-state index in [2.05, 4.69) is 11.9 Å². The first-order valence-corrected chi connectivity index (χ1v) is 7.70. The second-order valence-electron chi connectivity index (χ2n) is 4.84. The molecule has 0 unspecified atom stereocenters. The van der Waals surface area contributed by atoms with Gasteiger partial charge in [-0.2, -0.15) is 0 Å². The molecule has 5 heteroatoms. The SMILES string of the molecule is C=CCNC(=O)[C@@H](C)OC(=O)c1csc2c1CCCC2. The van der Waals surface area contributed by atoms with Gasteiger partial charge in [0.25, 0.3) is 5.91 Å². The smallest absolute Gasteiger partial charge is 0.340 e. The molecule has 0 radical (unpaired) electrons. The van der Waals surface area contributed by atoms with Crippen LogP contribution < -0.4 is 5.32 Å². The Labute approximate surface area is 122 Å². The Kier molecular flexibility index (Phi) is 4.95. The molecule has 0 bridgehead atoms. The zero-order chi connectivity index (χ0) is 14.5. The molecule has 20 heavy (non-hydrogen) atoms. The van der Waals surface area contributed by atoms with Crippen LogP contribution in [0.25, 0.3) is 0 Å². The predicted molar refractivity (Wildman–Crippen MR) is 79.0 cm³/mol. The molecule has 4 nitrogen and oxygen atoms in total. The lowest BCUT2D eigenvalue weighted by Gasteiger charge is -2.15. The molecule has 1 aromatic heterocycles. The highest BCUT2D eigenvalue weighted by atomic mass is 32.1. The first-order chi connectivity index (χ1) is 9.63. The van der Waals surface area contributed by atoms with Crippen LogP contribution in [0.1, 0.15) is 40.6 Å². The first kappa shape index (κ1) is 14.8. The van der Waals surface area contributed by atoms with Gasteiger partial charge in [0.1, 0.15) is 0 Å². The fourth-order valence-electron chi connectivity index (χ4n) is 2.26. The molecule has 1 aromatic rings. The van der Waals surface area contributed by atoms with E-state index < -0.39 is 12.1 Å². The average Bonchev–Trinajstić information content (AvgIpc) is 2.88. The highest BCUT2D eigenvalue weighted by molar-refractivity contribution is 7.10. The predicted octanol–water partition coefficient (Wildman–Crippen LogP) is 2.47. The number of rotatable bonds is 5. The Balaban J connectivity index is 1.99. The summed E-state index contributed by atoms with van der Waals surface area (Å²) >= 11 is 1.62. The topological polar surface area (TPSA) is 55.4 Å². The molecule has 1 aliphatic rings. The summed E-state index contributed by atoms with van der Waals surface area (Å²) in [4.78, 5) is 25.1. The molecule has 2 rings (SSSR count). The summed E-state index contributed by atoms with van der Waals surface area (Å²) in [6.45, 7) is 5.47. The molecule has 0 fully saturated rings. The molecular weight excluding hydrogens is 274 g/mol. The van der Waals surface area contributed by atoms with Gasteiger partial charge < -0.3 is 10.1 Å². The largest absolute Gasteiger partial charge is 0.449 e. The Morgan fingerprint density at radius 3 is 3.00 bits per heavy atom. The Bertz CT molecular complexity index is 521. The van der Waals surface area contributed by atoms with Crippen molar-refractivity contribution in [2.24, 2.45) is 0 Å². The van der Waals surface area contributed by atoms with Crippen LogP contribution in [0.3, 0.4) is 0 Å². The van der Waals surface area contributed by atoms with Crippen LogP contribution in [0, 0.1) is 0 Å². The van der Waals surface area contributed by atoms with E-state index in [-0.39, 0.29) is 5.91 Å². The number of hydrogen-bond donors (Lipinski definition) is 1. The highest BCUT2D eigenvalue weighted by Gasteiger charge is 2.24. The van der Waals surface area contributed by atoms with Gasteiger partial charge in [0.05, 0.1) is 5.56 Å². The summed E-state index contributed by atoms with van der Waals surface area (Å²) in [6, 6.07) is 0. The van der Waals surface area contributed by atoms with Crippen LogP contribution in [0.15, 0.2) is 18.0 Å². The number of hydrogen-bond acceptors (Lipinski definition) is 4. The summed E-state index contributed by atoms with van der Waals surface area (Å²) < 4.78 is 5.24. The lowest BCUT2D eigenvalue weighted by molar-refractivity contribution is -0.128. The van der Waals surface area contributed by atoms with E-state index in [1.54, 1.807) is 24.3 Å². The van der Waals surface area contributed by atoms with Gasteiger partial charge in [-0.1, -0.05) is 6.08 Å². The highest BCUT2D eigenvalue weighted by Crippen LogP contribution is 2.30. The third kappa shape index (κ3) is 3.28. The van der Waals surface area contributed by atoms with Crippen molar-refractivity contribution in [1.29, 1.82) is 0 Å². The monoisotopic (exact) mass is 293 g/mol. The number of amides is 1. The summed E-state index contributed by atoms with van der Waals surface area (Å²) in [5, 5.41) is 4.47. The summed E-state index contributed by atoms with van der Waals surface area (Å²) in [6.07, 6.45) is 5.06. The van der Waals surface area contributed by atoms with Gasteiger partial charge in [-0.25, -0.2) is 4.79 Å². The van der Waals surface area contributed by atoms with Crippen molar-refractivity contribution in [3.63, 3.8) is 0 Å². The minimum absolute atomic E-state index is 0.303. The van der Waals surface area contributed by atoms with Crippen molar-refractivity contribution < 1.29 is 14.3 Å². The van der Waals surface area contributed by atoms with Crippen molar-refractivity contribution in [1.82, 2.24) is 5.32 Å². The van der Waals surface area contributed by atoms with Crippen LogP contribution in [0.5, 0.6) is 0 Å². The number of carbonyl (C=O) groups excluding carboxylic acids is 2. The van der Waals surface area contributed by atoms with Crippen molar-refractivity contribution in [3.8, 4) is 0 Å². The quantitative estimate of drug-likeness (QED) is 0.670. The zero-order valence-corrected chi connectivity index (χ0v) is 12.4. The van der Waals surface area contributed by atoms with Gasteiger partial charge in [-0.15, -0.1) is 17.9 Å². The van der Waals surface area contributed by atoms with Gasteiger partial charge >= 0.3 is 5.97 Å². The molecule has 0 aromatic carbocycles. The third-order valence-electron chi connectivity index (χ3n) is 3.35. The Morgan fingerprint density at radius 2 is 2.25 bits per heavy atom. The number of thiophene rings is 1. The van der Waals surface area contributed by atoms with Gasteiger partial charge in [0.2, 0.25) is 0 Å². The maximum Gasteiger partial charge on any atom is 0.340 e. The molecule has 0 aliphatic heterocycles. The molecule has 0 saturated carbocycles. The number of ether oxygens (including phenoxy) is 1. The maximum atomic E-state index is 12.2. The van der Waals surface area contributed by atoms with Crippen molar-refractivity contribution in [2.75, 3.05) is 6.54 Å². The molecule has 1 amide bonds. The van der Waals surface area contributed by atoms with E-state index in [0.717, 1.165) is 24.8 Å². The molecule has 1 heterocycles. The van der Waals surface area contributed by atoms with Crippen LogP contribution >= 0.6 is 11.3 Å². The molecule has 1 aliphatic carbocycles. The fourth-order valence-corrected chi connectivity index (χ4v) is 3.37. The van der Waals surface area contributed by atoms with Crippen LogP contribution in [0.2, 0.25) is 0 Å². The lowest BCUT2D eigenvalue weighted by Crippen LogP contribution is -2.35. The van der Waals surface area contributed by atoms with Crippen molar-refractivity contribution >= 4 is 23.2 Å². The van der Waals surface area contributed by atoms with Gasteiger partial charge in [0, 0.05) is 16.8 Å². The van der Waals surface area contributed by atoms with E-state index in [1.165, 1.54) is 11.3 Å². The molecule has 1 N–H and O–H groups in total. The van der Waals surface area contributed by atoms with E-state index in [1.807, 2.05) is 5.38 Å². The molecule has 1 atom stereocenters. The second kappa shape index (κ2) is 6.70. The average molecular weight is 293 g/mol. The second-order valence-corrected chi connectivity index (χ2v) is 5.80. The standard InChI is InChI=1S/C15H19NO3S/c1-3-8-16-14(17)10(2)19-15(18)12-9-20-13-7-5-4-6-11(12)13/h3,9-10H,1,4-8H2,2H3,(H,16,17)/t10-/m1/s1.